The van der Waals surface area contributed by atoms with Crippen molar-refractivity contribution >= 4 is 34.3 Å². The van der Waals surface area contributed by atoms with E-state index in [1.165, 1.54) is 0 Å². The Morgan fingerprint density at radius 1 is 1.28 bits per heavy atom. The molecule has 0 unspecified atom stereocenters. The molecule has 0 aliphatic rings. The standard InChI is InChI=1S/C12H16ClN3S2/c1-8(2)7-14-6-5-11-15-16-12(18-11)9-3-4-10(13)17-9/h3-4,8,14H,5-7H2,1-2H3. The summed E-state index contributed by atoms with van der Waals surface area (Å²) in [5, 5.41) is 13.9. The van der Waals surface area contributed by atoms with Gasteiger partial charge in [0.25, 0.3) is 0 Å². The average Bonchev–Trinajstić information content (AvgIpc) is 2.93. The van der Waals surface area contributed by atoms with Crippen molar-refractivity contribution in [1.29, 1.82) is 0 Å². The van der Waals surface area contributed by atoms with E-state index in [9.17, 15) is 0 Å². The predicted molar refractivity (Wildman–Crippen MR) is 79.6 cm³/mol. The first-order valence-corrected chi connectivity index (χ1v) is 7.95. The molecule has 0 radical (unpaired) electrons. The Hall–Kier alpha value is -0.490. The van der Waals surface area contributed by atoms with Crippen LogP contribution in [0.4, 0.5) is 0 Å². The minimum Gasteiger partial charge on any atom is -0.316 e. The lowest BCUT2D eigenvalue weighted by atomic mass is 10.2. The molecule has 3 nitrogen and oxygen atoms in total. The highest BCUT2D eigenvalue weighted by atomic mass is 35.5. The Morgan fingerprint density at radius 2 is 2.11 bits per heavy atom. The first-order chi connectivity index (χ1) is 8.65. The van der Waals surface area contributed by atoms with Crippen LogP contribution in [0.5, 0.6) is 0 Å². The van der Waals surface area contributed by atoms with Crippen molar-refractivity contribution in [1.82, 2.24) is 15.5 Å². The lowest BCUT2D eigenvalue weighted by Gasteiger charge is -2.04. The van der Waals surface area contributed by atoms with Crippen LogP contribution in [0.3, 0.4) is 0 Å². The van der Waals surface area contributed by atoms with Crippen LogP contribution in [0.15, 0.2) is 12.1 Å². The highest BCUT2D eigenvalue weighted by molar-refractivity contribution is 7.23. The monoisotopic (exact) mass is 301 g/mol. The number of aromatic nitrogens is 2. The van der Waals surface area contributed by atoms with Gasteiger partial charge in [0.2, 0.25) is 0 Å². The normalized spacial score (nSPS) is 11.3. The van der Waals surface area contributed by atoms with Gasteiger partial charge >= 0.3 is 0 Å². The Kier molecular flexibility index (Phi) is 5.12. The molecule has 0 aliphatic heterocycles. The van der Waals surface area contributed by atoms with Gasteiger partial charge in [-0.1, -0.05) is 36.8 Å². The average molecular weight is 302 g/mol. The van der Waals surface area contributed by atoms with Gasteiger partial charge in [-0.3, -0.25) is 0 Å². The zero-order valence-corrected chi connectivity index (χ0v) is 12.8. The van der Waals surface area contributed by atoms with Crippen molar-refractivity contribution < 1.29 is 0 Å². The van der Waals surface area contributed by atoms with E-state index in [-0.39, 0.29) is 0 Å². The maximum Gasteiger partial charge on any atom is 0.157 e. The van der Waals surface area contributed by atoms with E-state index < -0.39 is 0 Å². The second kappa shape index (κ2) is 6.61. The molecule has 2 aromatic rings. The third-order valence-corrected chi connectivity index (χ3v) is 4.70. The molecule has 2 heterocycles. The molecule has 18 heavy (non-hydrogen) atoms. The first-order valence-electron chi connectivity index (χ1n) is 5.94. The molecular formula is C12H16ClN3S2. The molecule has 0 spiro atoms. The van der Waals surface area contributed by atoms with Crippen LogP contribution < -0.4 is 5.32 Å². The van der Waals surface area contributed by atoms with Crippen molar-refractivity contribution in [3.05, 3.63) is 21.5 Å². The van der Waals surface area contributed by atoms with E-state index in [4.69, 9.17) is 11.6 Å². The van der Waals surface area contributed by atoms with E-state index in [1.54, 1.807) is 22.7 Å². The smallest absolute Gasteiger partial charge is 0.157 e. The number of nitrogens with one attached hydrogen (secondary N) is 1. The summed E-state index contributed by atoms with van der Waals surface area (Å²) in [6.45, 7) is 6.41. The Labute approximate surface area is 120 Å². The number of thiophene rings is 1. The van der Waals surface area contributed by atoms with Crippen LogP contribution >= 0.6 is 34.3 Å². The zero-order chi connectivity index (χ0) is 13.0. The summed E-state index contributed by atoms with van der Waals surface area (Å²) in [5.41, 5.74) is 0. The molecule has 1 N–H and O–H groups in total. The summed E-state index contributed by atoms with van der Waals surface area (Å²) < 4.78 is 0.792. The van der Waals surface area contributed by atoms with Crippen LogP contribution in [-0.4, -0.2) is 23.3 Å². The molecule has 2 rings (SSSR count). The van der Waals surface area contributed by atoms with Gasteiger partial charge in [0.15, 0.2) is 5.01 Å². The molecule has 0 saturated heterocycles. The lowest BCUT2D eigenvalue weighted by Crippen LogP contribution is -2.22. The second-order valence-corrected chi connectivity index (χ2v) is 7.23. The SMILES string of the molecule is CC(C)CNCCc1nnc(-c2ccc(Cl)s2)s1. The topological polar surface area (TPSA) is 37.8 Å². The quantitative estimate of drug-likeness (QED) is 0.827. The molecule has 0 aliphatic carbocycles. The van der Waals surface area contributed by atoms with Gasteiger partial charge in [0.1, 0.15) is 5.01 Å². The molecule has 0 bridgehead atoms. The molecule has 6 heteroatoms. The summed E-state index contributed by atoms with van der Waals surface area (Å²) in [6, 6.07) is 3.89. The van der Waals surface area contributed by atoms with Crippen LogP contribution in [0.25, 0.3) is 9.88 Å². The van der Waals surface area contributed by atoms with Crippen molar-refractivity contribution in [3.8, 4) is 9.88 Å². The van der Waals surface area contributed by atoms with Gasteiger partial charge in [-0.25, -0.2) is 0 Å². The highest BCUT2D eigenvalue weighted by Crippen LogP contribution is 2.32. The number of hydrogen-bond acceptors (Lipinski definition) is 5. The Morgan fingerprint density at radius 3 is 2.78 bits per heavy atom. The number of nitrogens with zero attached hydrogens (tertiary/aromatic N) is 2. The summed E-state index contributed by atoms with van der Waals surface area (Å²) >= 11 is 9.11. The second-order valence-electron chi connectivity index (χ2n) is 4.45. The van der Waals surface area contributed by atoms with Crippen LogP contribution in [0.1, 0.15) is 18.9 Å². The van der Waals surface area contributed by atoms with E-state index in [0.29, 0.717) is 5.92 Å². The third kappa shape index (κ3) is 4.02. The van der Waals surface area contributed by atoms with E-state index in [0.717, 1.165) is 38.7 Å². The zero-order valence-electron chi connectivity index (χ0n) is 10.4. The summed E-state index contributed by atoms with van der Waals surface area (Å²) in [6.07, 6.45) is 0.934. The number of rotatable bonds is 6. The van der Waals surface area contributed by atoms with Crippen LogP contribution in [0.2, 0.25) is 4.34 Å². The van der Waals surface area contributed by atoms with E-state index >= 15 is 0 Å². The molecule has 0 fully saturated rings. The van der Waals surface area contributed by atoms with Crippen molar-refractivity contribution in [2.75, 3.05) is 13.1 Å². The maximum atomic E-state index is 5.91. The number of hydrogen-bond donors (Lipinski definition) is 1. The molecule has 0 saturated carbocycles. The minimum atomic E-state index is 0.684. The fourth-order valence-corrected chi connectivity index (χ4v) is 3.40. The molecule has 2 aromatic heterocycles. The first kappa shape index (κ1) is 13.9. The third-order valence-electron chi connectivity index (χ3n) is 2.32. The molecule has 98 valence electrons. The summed E-state index contributed by atoms with van der Waals surface area (Å²) in [7, 11) is 0. The van der Waals surface area contributed by atoms with Gasteiger partial charge in [-0.05, 0) is 24.6 Å². The largest absolute Gasteiger partial charge is 0.316 e. The highest BCUT2D eigenvalue weighted by Gasteiger charge is 2.08. The fraction of sp³-hybridized carbons (Fsp3) is 0.500. The number of halogens is 1. The molecule has 0 amide bonds. The van der Waals surface area contributed by atoms with Crippen molar-refractivity contribution in [2.45, 2.75) is 20.3 Å². The Balaban J connectivity index is 1.86. The lowest BCUT2D eigenvalue weighted by molar-refractivity contribution is 0.553. The van der Waals surface area contributed by atoms with Crippen molar-refractivity contribution in [2.24, 2.45) is 5.92 Å². The molecular weight excluding hydrogens is 286 g/mol. The van der Waals surface area contributed by atoms with Crippen LogP contribution in [0, 0.1) is 5.92 Å². The van der Waals surface area contributed by atoms with Gasteiger partial charge < -0.3 is 5.32 Å². The van der Waals surface area contributed by atoms with E-state index in [1.807, 2.05) is 12.1 Å². The van der Waals surface area contributed by atoms with Gasteiger partial charge in [-0.2, -0.15) is 0 Å². The van der Waals surface area contributed by atoms with Gasteiger partial charge in [-0.15, -0.1) is 21.5 Å². The summed E-state index contributed by atoms with van der Waals surface area (Å²) in [4.78, 5) is 1.10. The minimum absolute atomic E-state index is 0.684. The van der Waals surface area contributed by atoms with Gasteiger partial charge in [0.05, 0.1) is 9.21 Å². The molecule has 0 atom stereocenters. The maximum absolute atomic E-state index is 5.91. The fourth-order valence-electron chi connectivity index (χ4n) is 1.47. The van der Waals surface area contributed by atoms with E-state index in [2.05, 4.69) is 29.4 Å². The van der Waals surface area contributed by atoms with Gasteiger partial charge in [0, 0.05) is 13.0 Å². The predicted octanol–water partition coefficient (Wildman–Crippen LogP) is 3.71. The molecule has 0 aromatic carbocycles. The van der Waals surface area contributed by atoms with Crippen molar-refractivity contribution in [3.63, 3.8) is 0 Å². The summed E-state index contributed by atoms with van der Waals surface area (Å²) in [5.74, 6) is 0.684. The Bertz CT molecular complexity index is 493. The van der Waals surface area contributed by atoms with Crippen LogP contribution in [-0.2, 0) is 6.42 Å².